The van der Waals surface area contributed by atoms with E-state index in [4.69, 9.17) is 0 Å². The van der Waals surface area contributed by atoms with E-state index in [1.165, 1.54) is 0 Å². The van der Waals surface area contributed by atoms with Crippen LogP contribution in [0.25, 0.3) is 22.4 Å². The Labute approximate surface area is 110 Å². The van der Waals surface area contributed by atoms with Gasteiger partial charge in [-0.05, 0) is 6.42 Å². The first-order valence-electron chi connectivity index (χ1n) is 6.22. The van der Waals surface area contributed by atoms with Gasteiger partial charge in [-0.3, -0.25) is 4.79 Å². The smallest absolute Gasteiger partial charge is 0.161 e. The van der Waals surface area contributed by atoms with Gasteiger partial charge in [0.2, 0.25) is 0 Å². The molecule has 0 atom stereocenters. The van der Waals surface area contributed by atoms with E-state index in [0.717, 1.165) is 29.4 Å². The van der Waals surface area contributed by atoms with Gasteiger partial charge in [-0.15, -0.1) is 0 Å². The molecule has 4 heteroatoms. The van der Waals surface area contributed by atoms with Gasteiger partial charge < -0.3 is 4.98 Å². The maximum absolute atomic E-state index is 11.0. The van der Waals surface area contributed by atoms with Crippen molar-refractivity contribution in [2.24, 2.45) is 0 Å². The highest BCUT2D eigenvalue weighted by Gasteiger charge is 2.12. The van der Waals surface area contributed by atoms with Crippen molar-refractivity contribution < 1.29 is 4.79 Å². The molecule has 0 aliphatic carbocycles. The summed E-state index contributed by atoms with van der Waals surface area (Å²) in [7, 11) is 0. The number of rotatable bonds is 3. The second-order valence-corrected chi connectivity index (χ2v) is 4.30. The van der Waals surface area contributed by atoms with Crippen molar-refractivity contribution >= 4 is 17.3 Å². The van der Waals surface area contributed by atoms with E-state index in [0.29, 0.717) is 17.0 Å². The number of carbonyl (C=O) groups excluding carboxylic acids is 1. The summed E-state index contributed by atoms with van der Waals surface area (Å²) in [5, 5.41) is 0.831. The maximum Gasteiger partial charge on any atom is 0.161 e. The van der Waals surface area contributed by atoms with Crippen LogP contribution in [0.1, 0.15) is 23.0 Å². The Morgan fingerprint density at radius 3 is 2.68 bits per heavy atom. The van der Waals surface area contributed by atoms with Crippen molar-refractivity contribution in [1.29, 1.82) is 0 Å². The third kappa shape index (κ3) is 1.91. The molecule has 0 spiro atoms. The predicted octanol–water partition coefficient (Wildman–Crippen LogP) is 3.00. The fourth-order valence-corrected chi connectivity index (χ4v) is 2.20. The fourth-order valence-electron chi connectivity index (χ4n) is 2.20. The summed E-state index contributed by atoms with van der Waals surface area (Å²) in [4.78, 5) is 23.1. The highest BCUT2D eigenvalue weighted by Crippen LogP contribution is 2.23. The van der Waals surface area contributed by atoms with Crippen LogP contribution in [0.5, 0.6) is 0 Å². The van der Waals surface area contributed by atoms with Crippen LogP contribution in [0.4, 0.5) is 0 Å². The van der Waals surface area contributed by atoms with E-state index in [9.17, 15) is 4.79 Å². The number of fused-ring (bicyclic) bond motifs is 1. The van der Waals surface area contributed by atoms with Crippen molar-refractivity contribution in [1.82, 2.24) is 15.0 Å². The van der Waals surface area contributed by atoms with Gasteiger partial charge in [0.15, 0.2) is 12.1 Å². The van der Waals surface area contributed by atoms with Gasteiger partial charge in [0.05, 0.1) is 11.1 Å². The molecule has 0 saturated heterocycles. The molecule has 19 heavy (non-hydrogen) atoms. The van der Waals surface area contributed by atoms with Crippen LogP contribution in [0, 0.1) is 0 Å². The number of carbonyl (C=O) groups is 1. The zero-order valence-corrected chi connectivity index (χ0v) is 10.6. The van der Waals surface area contributed by atoms with E-state index in [1.54, 1.807) is 6.20 Å². The van der Waals surface area contributed by atoms with Crippen LogP contribution in [0.15, 0.2) is 36.5 Å². The van der Waals surface area contributed by atoms with Crippen LogP contribution in [0.2, 0.25) is 0 Å². The highest BCUT2D eigenvalue weighted by molar-refractivity contribution is 5.97. The first-order chi connectivity index (χ1) is 9.33. The number of aromatic amines is 1. The number of hydrogen-bond donors (Lipinski definition) is 1. The lowest BCUT2D eigenvalue weighted by atomic mass is 10.1. The van der Waals surface area contributed by atoms with E-state index in [-0.39, 0.29) is 0 Å². The number of hydrogen-bond acceptors (Lipinski definition) is 3. The monoisotopic (exact) mass is 251 g/mol. The average Bonchev–Trinajstić information content (AvgIpc) is 2.90. The van der Waals surface area contributed by atoms with Gasteiger partial charge in [-0.25, -0.2) is 9.97 Å². The van der Waals surface area contributed by atoms with Crippen LogP contribution < -0.4 is 0 Å². The first-order valence-corrected chi connectivity index (χ1v) is 6.22. The molecule has 4 nitrogen and oxygen atoms in total. The molecular weight excluding hydrogens is 238 g/mol. The third-order valence-electron chi connectivity index (χ3n) is 3.13. The fraction of sp³-hybridized carbons (Fsp3) is 0.133. The third-order valence-corrected chi connectivity index (χ3v) is 3.13. The molecule has 3 aromatic rings. The van der Waals surface area contributed by atoms with Crippen molar-refractivity contribution in [3.63, 3.8) is 0 Å². The Bertz CT molecular complexity index is 732. The Morgan fingerprint density at radius 2 is 2.00 bits per heavy atom. The molecule has 1 N–H and O–H groups in total. The summed E-state index contributed by atoms with van der Waals surface area (Å²) in [6.07, 6.45) is 3.28. The van der Waals surface area contributed by atoms with Gasteiger partial charge in [-0.2, -0.15) is 0 Å². The second kappa shape index (κ2) is 4.65. The minimum atomic E-state index is 0.617. The zero-order valence-electron chi connectivity index (χ0n) is 10.6. The number of H-pyrrole nitrogens is 1. The molecule has 0 radical (unpaired) electrons. The lowest BCUT2D eigenvalue weighted by molar-refractivity contribution is 0.112. The maximum atomic E-state index is 11.0. The topological polar surface area (TPSA) is 58.6 Å². The summed E-state index contributed by atoms with van der Waals surface area (Å²) < 4.78 is 0. The Hall–Kier alpha value is -2.49. The summed E-state index contributed by atoms with van der Waals surface area (Å²) in [6, 6.07) is 9.83. The van der Waals surface area contributed by atoms with E-state index >= 15 is 0 Å². The van der Waals surface area contributed by atoms with Crippen molar-refractivity contribution in [3.05, 3.63) is 47.8 Å². The van der Waals surface area contributed by atoms with E-state index < -0.39 is 0 Å². The first kappa shape index (κ1) is 11.6. The van der Waals surface area contributed by atoms with Crippen LogP contribution in [0.3, 0.4) is 0 Å². The second-order valence-electron chi connectivity index (χ2n) is 4.30. The van der Waals surface area contributed by atoms with Gasteiger partial charge >= 0.3 is 0 Å². The minimum absolute atomic E-state index is 0.617. The molecule has 0 bridgehead atoms. The number of nitrogens with one attached hydrogen (secondary N) is 1. The number of benzene rings is 1. The van der Waals surface area contributed by atoms with E-state index in [1.807, 2.05) is 37.3 Å². The SMILES string of the molecule is CCc1nc(-c2ccccc2)nc2[nH]cc(C=O)c12. The van der Waals surface area contributed by atoms with Crippen molar-refractivity contribution in [2.75, 3.05) is 0 Å². The molecule has 0 amide bonds. The van der Waals surface area contributed by atoms with E-state index in [2.05, 4.69) is 15.0 Å². The molecule has 1 aromatic carbocycles. The minimum Gasteiger partial charge on any atom is -0.345 e. The molecular formula is C15H13N3O. The molecule has 94 valence electrons. The Morgan fingerprint density at radius 1 is 1.21 bits per heavy atom. The molecule has 0 aliphatic rings. The van der Waals surface area contributed by atoms with Crippen LogP contribution >= 0.6 is 0 Å². The van der Waals surface area contributed by atoms with Crippen molar-refractivity contribution in [2.45, 2.75) is 13.3 Å². The Balaban J connectivity index is 2.27. The van der Waals surface area contributed by atoms with Crippen molar-refractivity contribution in [3.8, 4) is 11.4 Å². The lowest BCUT2D eigenvalue weighted by Crippen LogP contribution is -1.97. The molecule has 0 unspecified atom stereocenters. The van der Waals surface area contributed by atoms with Gasteiger partial charge in [0.1, 0.15) is 5.65 Å². The standard InChI is InChI=1S/C15H13N3O/c1-2-12-13-11(9-19)8-16-15(13)18-14(17-12)10-6-4-3-5-7-10/h3-9H,2H2,1H3,(H,16,17,18). The molecule has 0 aliphatic heterocycles. The molecule has 0 saturated carbocycles. The normalized spacial score (nSPS) is 10.8. The lowest BCUT2D eigenvalue weighted by Gasteiger charge is -2.04. The molecule has 2 aromatic heterocycles. The quantitative estimate of drug-likeness (QED) is 0.728. The van der Waals surface area contributed by atoms with Gasteiger partial charge in [0.25, 0.3) is 0 Å². The summed E-state index contributed by atoms with van der Waals surface area (Å²) in [6.45, 7) is 2.03. The van der Waals surface area contributed by atoms with Gasteiger partial charge in [-0.1, -0.05) is 37.3 Å². The number of aldehydes is 1. The zero-order chi connectivity index (χ0) is 13.2. The Kier molecular flexibility index (Phi) is 2.83. The average molecular weight is 251 g/mol. The highest BCUT2D eigenvalue weighted by atomic mass is 16.1. The largest absolute Gasteiger partial charge is 0.345 e. The van der Waals surface area contributed by atoms with Crippen LogP contribution in [-0.4, -0.2) is 21.2 Å². The number of aromatic nitrogens is 3. The summed E-state index contributed by atoms with van der Waals surface area (Å²) >= 11 is 0. The number of nitrogens with zero attached hydrogens (tertiary/aromatic N) is 2. The van der Waals surface area contributed by atoms with Crippen LogP contribution in [-0.2, 0) is 6.42 Å². The molecule has 3 rings (SSSR count). The predicted molar refractivity (Wildman–Crippen MR) is 74.1 cm³/mol. The molecule has 0 fully saturated rings. The summed E-state index contributed by atoms with van der Waals surface area (Å²) in [5.41, 5.74) is 3.20. The number of aryl methyl sites for hydroxylation is 1. The molecule has 2 heterocycles. The summed E-state index contributed by atoms with van der Waals surface area (Å²) in [5.74, 6) is 0.684. The van der Waals surface area contributed by atoms with Gasteiger partial charge in [0, 0.05) is 17.3 Å².